The Morgan fingerprint density at radius 2 is 2.25 bits per heavy atom. The smallest absolute Gasteiger partial charge is 0.0934 e. The number of nitrogens with one attached hydrogen (secondary N) is 1. The van der Waals surface area contributed by atoms with E-state index in [0.29, 0.717) is 18.0 Å². The Morgan fingerprint density at radius 1 is 1.40 bits per heavy atom. The van der Waals surface area contributed by atoms with Crippen LogP contribution in [0.5, 0.6) is 0 Å². The van der Waals surface area contributed by atoms with E-state index in [9.17, 15) is 0 Å². The predicted octanol–water partition coefficient (Wildman–Crippen LogP) is 5.83. The summed E-state index contributed by atoms with van der Waals surface area (Å²) < 4.78 is 0.931. The number of rotatable bonds is 4. The number of aryl methyl sites for hydroxylation is 1. The highest BCUT2D eigenvalue weighted by Gasteiger charge is 2.27. The van der Waals surface area contributed by atoms with Gasteiger partial charge in [-0.25, -0.2) is 0 Å². The fourth-order valence-corrected chi connectivity index (χ4v) is 5.32. The van der Waals surface area contributed by atoms with Crippen molar-refractivity contribution in [3.63, 3.8) is 0 Å². The second kappa shape index (κ2) is 6.18. The molecule has 0 aromatic carbocycles. The fraction of sp³-hybridized carbons (Fsp3) is 0.500. The van der Waals surface area contributed by atoms with Crippen molar-refractivity contribution >= 4 is 34.3 Å². The number of fused-ring (bicyclic) bond motifs is 1. The molecule has 2 atom stereocenters. The normalized spacial score (nSPS) is 20.1. The van der Waals surface area contributed by atoms with E-state index in [1.165, 1.54) is 34.6 Å². The van der Waals surface area contributed by atoms with Crippen molar-refractivity contribution in [2.75, 3.05) is 0 Å². The first-order valence-corrected chi connectivity index (χ1v) is 9.30. The van der Waals surface area contributed by atoms with Crippen molar-refractivity contribution in [1.82, 2.24) is 5.32 Å². The molecule has 0 saturated carbocycles. The van der Waals surface area contributed by atoms with E-state index in [2.05, 4.69) is 42.7 Å². The fourth-order valence-electron chi connectivity index (χ4n) is 2.98. The molecule has 2 aromatic heterocycles. The molecule has 4 heteroatoms. The minimum Gasteiger partial charge on any atom is -0.302 e. The van der Waals surface area contributed by atoms with Gasteiger partial charge in [-0.2, -0.15) is 0 Å². The van der Waals surface area contributed by atoms with Gasteiger partial charge in [-0.1, -0.05) is 31.5 Å². The van der Waals surface area contributed by atoms with Crippen molar-refractivity contribution in [3.8, 4) is 0 Å². The van der Waals surface area contributed by atoms with Crippen LogP contribution in [0.25, 0.3) is 0 Å². The van der Waals surface area contributed by atoms with E-state index < -0.39 is 0 Å². The molecule has 0 saturated heterocycles. The molecule has 0 spiro atoms. The maximum absolute atomic E-state index is 6.21. The third-order valence-corrected chi connectivity index (χ3v) is 6.28. The third-order valence-electron chi connectivity index (χ3n) is 3.98. The Labute approximate surface area is 134 Å². The van der Waals surface area contributed by atoms with Gasteiger partial charge < -0.3 is 5.32 Å². The zero-order valence-corrected chi connectivity index (χ0v) is 14.2. The van der Waals surface area contributed by atoms with Crippen LogP contribution >= 0.6 is 34.3 Å². The maximum atomic E-state index is 6.21. The summed E-state index contributed by atoms with van der Waals surface area (Å²) in [5.41, 5.74) is 1.44. The Balaban J connectivity index is 1.83. The van der Waals surface area contributed by atoms with Crippen molar-refractivity contribution in [2.45, 2.75) is 45.2 Å². The molecule has 0 bridgehead atoms. The number of hydrogen-bond acceptors (Lipinski definition) is 3. The van der Waals surface area contributed by atoms with E-state index in [1.807, 2.05) is 11.3 Å². The van der Waals surface area contributed by atoms with Crippen LogP contribution in [0.3, 0.4) is 0 Å². The molecule has 0 aliphatic heterocycles. The van der Waals surface area contributed by atoms with Gasteiger partial charge in [0.25, 0.3) is 0 Å². The molecule has 2 unspecified atom stereocenters. The van der Waals surface area contributed by atoms with Crippen LogP contribution in [0.1, 0.15) is 54.1 Å². The highest BCUT2D eigenvalue weighted by Crippen LogP contribution is 2.40. The van der Waals surface area contributed by atoms with Gasteiger partial charge in [-0.15, -0.1) is 22.7 Å². The molecule has 2 heterocycles. The van der Waals surface area contributed by atoms with Gasteiger partial charge in [0, 0.05) is 21.8 Å². The standard InChI is InChI=1S/C16H20ClNS2/c1-10(2)16(14-7-4-8-19-14)18-12-5-3-6-13-11(12)9-15(17)20-13/h4,7-10,12,16,18H,3,5-6H2,1-2H3. The lowest BCUT2D eigenvalue weighted by Crippen LogP contribution is -2.31. The Kier molecular flexibility index (Phi) is 4.51. The van der Waals surface area contributed by atoms with E-state index in [-0.39, 0.29) is 0 Å². The highest BCUT2D eigenvalue weighted by molar-refractivity contribution is 7.16. The summed E-state index contributed by atoms with van der Waals surface area (Å²) in [4.78, 5) is 2.92. The van der Waals surface area contributed by atoms with Crippen LogP contribution in [0.15, 0.2) is 23.6 Å². The molecule has 0 amide bonds. The van der Waals surface area contributed by atoms with Crippen molar-refractivity contribution < 1.29 is 0 Å². The largest absolute Gasteiger partial charge is 0.302 e. The van der Waals surface area contributed by atoms with E-state index in [0.717, 1.165) is 4.34 Å². The average molecular weight is 326 g/mol. The summed E-state index contributed by atoms with van der Waals surface area (Å²) in [6.45, 7) is 4.59. The van der Waals surface area contributed by atoms with Crippen molar-refractivity contribution in [3.05, 3.63) is 43.2 Å². The van der Waals surface area contributed by atoms with Crippen LogP contribution < -0.4 is 5.32 Å². The Morgan fingerprint density at radius 3 is 2.95 bits per heavy atom. The van der Waals surface area contributed by atoms with Crippen molar-refractivity contribution in [2.24, 2.45) is 5.92 Å². The lowest BCUT2D eigenvalue weighted by molar-refractivity contribution is 0.344. The molecule has 0 radical (unpaired) electrons. The maximum Gasteiger partial charge on any atom is 0.0934 e. The molecule has 3 rings (SSSR count). The van der Waals surface area contributed by atoms with Crippen LogP contribution in [0.4, 0.5) is 0 Å². The molecule has 108 valence electrons. The van der Waals surface area contributed by atoms with Gasteiger partial charge in [0.05, 0.1) is 4.34 Å². The van der Waals surface area contributed by atoms with Crippen LogP contribution in [0, 0.1) is 5.92 Å². The topological polar surface area (TPSA) is 12.0 Å². The van der Waals surface area contributed by atoms with E-state index in [4.69, 9.17) is 11.6 Å². The molecule has 0 fully saturated rings. The Bertz CT molecular complexity index is 559. The predicted molar refractivity (Wildman–Crippen MR) is 90.0 cm³/mol. The number of halogens is 1. The minimum absolute atomic E-state index is 0.435. The lowest BCUT2D eigenvalue weighted by atomic mass is 9.91. The third kappa shape index (κ3) is 2.96. The first-order chi connectivity index (χ1) is 9.65. The molecular weight excluding hydrogens is 306 g/mol. The molecular formula is C16H20ClNS2. The van der Waals surface area contributed by atoms with Gasteiger partial charge in [0.2, 0.25) is 0 Å². The summed E-state index contributed by atoms with van der Waals surface area (Å²) in [5, 5.41) is 6.05. The second-order valence-electron chi connectivity index (χ2n) is 5.78. The molecule has 20 heavy (non-hydrogen) atoms. The second-order valence-corrected chi connectivity index (χ2v) is 8.52. The lowest BCUT2D eigenvalue weighted by Gasteiger charge is -2.30. The van der Waals surface area contributed by atoms with Gasteiger partial charge >= 0.3 is 0 Å². The number of hydrogen-bond donors (Lipinski definition) is 1. The van der Waals surface area contributed by atoms with E-state index >= 15 is 0 Å². The van der Waals surface area contributed by atoms with Crippen LogP contribution in [0.2, 0.25) is 4.34 Å². The van der Waals surface area contributed by atoms with Gasteiger partial charge in [0.15, 0.2) is 0 Å². The van der Waals surface area contributed by atoms with Crippen molar-refractivity contribution in [1.29, 1.82) is 0 Å². The average Bonchev–Trinajstić information content (AvgIpc) is 3.03. The van der Waals surface area contributed by atoms with Gasteiger partial charge in [-0.05, 0) is 48.3 Å². The van der Waals surface area contributed by atoms with Crippen LogP contribution in [-0.4, -0.2) is 0 Å². The molecule has 1 N–H and O–H groups in total. The molecule has 1 nitrogen and oxygen atoms in total. The number of thiophene rings is 2. The quantitative estimate of drug-likeness (QED) is 0.746. The van der Waals surface area contributed by atoms with Gasteiger partial charge in [-0.3, -0.25) is 0 Å². The summed E-state index contributed by atoms with van der Waals surface area (Å²) in [6, 6.07) is 7.45. The van der Waals surface area contributed by atoms with Crippen LogP contribution in [-0.2, 0) is 6.42 Å². The Hall–Kier alpha value is -0.350. The summed E-state index contributed by atoms with van der Waals surface area (Å²) in [7, 11) is 0. The molecule has 1 aliphatic rings. The molecule has 1 aliphatic carbocycles. The summed E-state index contributed by atoms with van der Waals surface area (Å²) in [6.07, 6.45) is 3.67. The summed E-state index contributed by atoms with van der Waals surface area (Å²) >= 11 is 9.81. The zero-order valence-electron chi connectivity index (χ0n) is 11.9. The summed E-state index contributed by atoms with van der Waals surface area (Å²) in [5.74, 6) is 0.591. The monoisotopic (exact) mass is 325 g/mol. The SMILES string of the molecule is CC(C)C(NC1CCCc2sc(Cl)cc21)c1cccs1. The first kappa shape index (κ1) is 14.6. The van der Waals surface area contributed by atoms with Gasteiger partial charge in [0.1, 0.15) is 0 Å². The zero-order chi connectivity index (χ0) is 14.1. The minimum atomic E-state index is 0.435. The van der Waals surface area contributed by atoms with E-state index in [1.54, 1.807) is 11.3 Å². The molecule has 2 aromatic rings. The highest BCUT2D eigenvalue weighted by atomic mass is 35.5. The first-order valence-electron chi connectivity index (χ1n) is 7.22.